The second-order valence-corrected chi connectivity index (χ2v) is 22.0. The standard InChI is InChI=1S/C65H122N2O3/c1-4-7-10-13-16-19-22-25-27-29-31-33-35-37-40-43-46-49-52-57-66-64(68)61-55-56-62(63(60-61)70-59-54-51-48-45-42-39-24-21-18-15-12-9-6-3)65(69)67-58-53-50-47-44-41-38-36-34-32-30-28-26-23-20-17-14-11-8-5-2/h55-56,60H,4-54,57-59H2,1-3H3,(H,66,68)(H,67,69). The number of hydrogen-bond donors (Lipinski definition) is 2. The predicted octanol–water partition coefficient (Wildman–Crippen LogP) is 21.5. The molecule has 0 aliphatic rings. The number of nitrogens with one attached hydrogen (secondary N) is 2. The first-order chi connectivity index (χ1) is 34.6. The van der Waals surface area contributed by atoms with Crippen molar-refractivity contribution in [2.75, 3.05) is 19.7 Å². The lowest BCUT2D eigenvalue weighted by molar-refractivity contribution is 0.0937. The highest BCUT2D eigenvalue weighted by Crippen LogP contribution is 2.23. The number of hydrogen-bond acceptors (Lipinski definition) is 3. The molecular formula is C65H122N2O3. The van der Waals surface area contributed by atoms with Gasteiger partial charge in [-0.3, -0.25) is 9.59 Å². The fraction of sp³-hybridized carbons (Fsp3) is 0.877. The number of carbonyl (C=O) groups excluding carboxylic acids is 2. The van der Waals surface area contributed by atoms with Gasteiger partial charge >= 0.3 is 0 Å². The van der Waals surface area contributed by atoms with E-state index < -0.39 is 0 Å². The maximum atomic E-state index is 13.5. The highest BCUT2D eigenvalue weighted by Gasteiger charge is 2.16. The number of rotatable bonds is 57. The molecule has 1 aromatic rings. The Kier molecular flexibility index (Phi) is 51.6. The number of benzene rings is 1. The second-order valence-electron chi connectivity index (χ2n) is 22.0. The third-order valence-electron chi connectivity index (χ3n) is 15.1. The molecule has 0 fully saturated rings. The predicted molar refractivity (Wildman–Crippen MR) is 309 cm³/mol. The SMILES string of the molecule is CCCCCCCCCCCCCCCCCCCCCNC(=O)c1ccc(C(=O)NCCCCCCCCCCCCCCCCCCCCC)c(OCCCCCCCCCCCCCCC)c1. The molecule has 70 heavy (non-hydrogen) atoms. The molecule has 0 radical (unpaired) electrons. The minimum absolute atomic E-state index is 0.0748. The van der Waals surface area contributed by atoms with Gasteiger partial charge in [0.1, 0.15) is 5.75 Å². The Morgan fingerprint density at radius 2 is 0.557 bits per heavy atom. The van der Waals surface area contributed by atoms with Crippen molar-refractivity contribution in [1.82, 2.24) is 10.6 Å². The molecule has 410 valence electrons. The van der Waals surface area contributed by atoms with E-state index in [9.17, 15) is 9.59 Å². The quantitative estimate of drug-likeness (QED) is 0.0639. The van der Waals surface area contributed by atoms with Gasteiger partial charge in [0.2, 0.25) is 0 Å². The van der Waals surface area contributed by atoms with Crippen molar-refractivity contribution in [2.45, 2.75) is 348 Å². The normalized spacial score (nSPS) is 11.4. The molecule has 0 unspecified atom stereocenters. The van der Waals surface area contributed by atoms with Gasteiger partial charge in [0.05, 0.1) is 12.2 Å². The van der Waals surface area contributed by atoms with Crippen LogP contribution < -0.4 is 15.4 Å². The number of amides is 2. The highest BCUT2D eigenvalue weighted by atomic mass is 16.5. The summed E-state index contributed by atoms with van der Waals surface area (Å²) in [6.45, 7) is 8.82. The Morgan fingerprint density at radius 3 is 0.843 bits per heavy atom. The van der Waals surface area contributed by atoms with E-state index in [0.29, 0.717) is 36.6 Å². The molecule has 1 rings (SSSR count). The van der Waals surface area contributed by atoms with Gasteiger partial charge in [-0.25, -0.2) is 0 Å². The number of ether oxygens (including phenoxy) is 1. The highest BCUT2D eigenvalue weighted by molar-refractivity contribution is 6.00. The van der Waals surface area contributed by atoms with Crippen LogP contribution in [-0.2, 0) is 0 Å². The summed E-state index contributed by atoms with van der Waals surface area (Å²) < 4.78 is 6.30. The summed E-state index contributed by atoms with van der Waals surface area (Å²) in [7, 11) is 0. The van der Waals surface area contributed by atoms with Crippen LogP contribution in [0.25, 0.3) is 0 Å². The van der Waals surface area contributed by atoms with Crippen molar-refractivity contribution in [3.8, 4) is 5.75 Å². The van der Waals surface area contributed by atoms with Crippen LogP contribution in [0.3, 0.4) is 0 Å². The summed E-state index contributed by atoms with van der Waals surface area (Å²) in [5.41, 5.74) is 1.12. The average Bonchev–Trinajstić information content (AvgIpc) is 3.37. The Labute approximate surface area is 437 Å². The molecule has 2 N–H and O–H groups in total. The average molecular weight is 980 g/mol. The topological polar surface area (TPSA) is 67.4 Å². The van der Waals surface area contributed by atoms with E-state index in [1.54, 1.807) is 18.2 Å². The molecule has 5 nitrogen and oxygen atoms in total. The van der Waals surface area contributed by atoms with Crippen molar-refractivity contribution in [3.05, 3.63) is 29.3 Å². The molecule has 1 aromatic carbocycles. The zero-order valence-electron chi connectivity index (χ0n) is 47.6. The second kappa shape index (κ2) is 54.7. The third kappa shape index (κ3) is 44.6. The molecule has 0 bridgehead atoms. The van der Waals surface area contributed by atoms with Gasteiger partial charge < -0.3 is 15.4 Å². The maximum Gasteiger partial charge on any atom is 0.255 e. The zero-order chi connectivity index (χ0) is 50.3. The van der Waals surface area contributed by atoms with Gasteiger partial charge in [0, 0.05) is 18.7 Å². The lowest BCUT2D eigenvalue weighted by Gasteiger charge is -2.14. The van der Waals surface area contributed by atoms with E-state index >= 15 is 0 Å². The number of carbonyl (C=O) groups is 2. The van der Waals surface area contributed by atoms with Gasteiger partial charge in [-0.15, -0.1) is 0 Å². The molecule has 5 heteroatoms. The first-order valence-electron chi connectivity index (χ1n) is 32.0. The molecule has 0 saturated carbocycles. The Morgan fingerprint density at radius 1 is 0.314 bits per heavy atom. The zero-order valence-corrected chi connectivity index (χ0v) is 47.6. The van der Waals surface area contributed by atoms with Crippen molar-refractivity contribution in [2.24, 2.45) is 0 Å². The molecule has 2 amide bonds. The van der Waals surface area contributed by atoms with Crippen LogP contribution in [0.1, 0.15) is 369 Å². The lowest BCUT2D eigenvalue weighted by atomic mass is 10.0. The van der Waals surface area contributed by atoms with Crippen LogP contribution in [0, 0.1) is 0 Å². The van der Waals surface area contributed by atoms with E-state index in [-0.39, 0.29) is 11.8 Å². The summed E-state index contributed by atoms with van der Waals surface area (Å²) in [5, 5.41) is 6.32. The molecule has 0 saturated heterocycles. The fourth-order valence-corrected chi connectivity index (χ4v) is 10.3. The Bertz CT molecular complexity index is 1230. The van der Waals surface area contributed by atoms with Gasteiger partial charge in [-0.2, -0.15) is 0 Å². The van der Waals surface area contributed by atoms with Crippen LogP contribution in [0.4, 0.5) is 0 Å². The molecular weight excluding hydrogens is 857 g/mol. The van der Waals surface area contributed by atoms with Crippen LogP contribution in [0.5, 0.6) is 5.75 Å². The summed E-state index contributed by atoms with van der Waals surface area (Å²) in [4.78, 5) is 26.7. The van der Waals surface area contributed by atoms with Gasteiger partial charge in [-0.05, 0) is 37.5 Å². The smallest absolute Gasteiger partial charge is 0.255 e. The van der Waals surface area contributed by atoms with E-state index in [1.165, 1.54) is 289 Å². The molecule has 0 spiro atoms. The first-order valence-corrected chi connectivity index (χ1v) is 32.0. The van der Waals surface area contributed by atoms with Crippen LogP contribution in [0.15, 0.2) is 18.2 Å². The summed E-state index contributed by atoms with van der Waals surface area (Å²) in [5.74, 6) is 0.374. The molecule has 0 heterocycles. The molecule has 0 aliphatic heterocycles. The van der Waals surface area contributed by atoms with Crippen molar-refractivity contribution < 1.29 is 14.3 Å². The van der Waals surface area contributed by atoms with E-state index in [0.717, 1.165) is 38.5 Å². The lowest BCUT2D eigenvalue weighted by Crippen LogP contribution is -2.26. The molecule has 0 aromatic heterocycles. The minimum atomic E-state index is -0.0937. The van der Waals surface area contributed by atoms with Crippen LogP contribution >= 0.6 is 0 Å². The van der Waals surface area contributed by atoms with Crippen molar-refractivity contribution in [3.63, 3.8) is 0 Å². The Balaban J connectivity index is 2.32. The third-order valence-corrected chi connectivity index (χ3v) is 15.1. The Hall–Kier alpha value is -2.04. The fourth-order valence-electron chi connectivity index (χ4n) is 10.3. The molecule has 0 atom stereocenters. The maximum absolute atomic E-state index is 13.5. The summed E-state index contributed by atoms with van der Waals surface area (Å²) >= 11 is 0. The molecule has 0 aliphatic carbocycles. The van der Waals surface area contributed by atoms with E-state index in [2.05, 4.69) is 31.4 Å². The van der Waals surface area contributed by atoms with Crippen LogP contribution in [0.2, 0.25) is 0 Å². The van der Waals surface area contributed by atoms with Crippen LogP contribution in [-0.4, -0.2) is 31.5 Å². The van der Waals surface area contributed by atoms with Gasteiger partial charge in [0.15, 0.2) is 0 Å². The summed E-state index contributed by atoms with van der Waals surface area (Å²) in [6, 6.07) is 5.41. The van der Waals surface area contributed by atoms with E-state index in [4.69, 9.17) is 4.74 Å². The summed E-state index contributed by atoms with van der Waals surface area (Å²) in [6.07, 6.45) is 68.8. The number of unbranched alkanes of at least 4 members (excludes halogenated alkanes) is 48. The van der Waals surface area contributed by atoms with Gasteiger partial charge in [0.25, 0.3) is 11.8 Å². The van der Waals surface area contributed by atoms with Crippen molar-refractivity contribution >= 4 is 11.8 Å². The van der Waals surface area contributed by atoms with Gasteiger partial charge in [-0.1, -0.05) is 329 Å². The van der Waals surface area contributed by atoms with E-state index in [1.807, 2.05) is 0 Å². The monoisotopic (exact) mass is 979 g/mol. The van der Waals surface area contributed by atoms with Crippen molar-refractivity contribution in [1.29, 1.82) is 0 Å². The first kappa shape index (κ1) is 66.0. The minimum Gasteiger partial charge on any atom is -0.493 e. The largest absolute Gasteiger partial charge is 0.493 e.